The molecule has 0 unspecified atom stereocenters. The van der Waals surface area contributed by atoms with Gasteiger partial charge in [-0.25, -0.2) is 0 Å². The van der Waals surface area contributed by atoms with Crippen LogP contribution in [0.15, 0.2) is 24.3 Å². The molecule has 0 amide bonds. The lowest BCUT2D eigenvalue weighted by Gasteiger charge is -2.13. The van der Waals surface area contributed by atoms with Crippen molar-refractivity contribution < 1.29 is 0 Å². The molecule has 1 N–H and O–H groups in total. The Hall–Kier alpha value is -0.740. The second-order valence-corrected chi connectivity index (χ2v) is 6.08. The van der Waals surface area contributed by atoms with Crippen molar-refractivity contribution in [1.82, 2.24) is 9.55 Å². The molecule has 0 aliphatic heterocycles. The van der Waals surface area contributed by atoms with Gasteiger partial charge >= 0.3 is 0 Å². The van der Waals surface area contributed by atoms with Crippen molar-refractivity contribution in [2.75, 3.05) is 6.26 Å². The largest absolute Gasteiger partial charge is 0.331 e. The van der Waals surface area contributed by atoms with Crippen LogP contribution in [0.3, 0.4) is 0 Å². The van der Waals surface area contributed by atoms with E-state index in [9.17, 15) is 0 Å². The summed E-state index contributed by atoms with van der Waals surface area (Å²) in [5, 5.41) is 0. The number of rotatable bonds is 3. The molecule has 0 saturated heterocycles. The van der Waals surface area contributed by atoms with Gasteiger partial charge in [-0.15, -0.1) is 0 Å². The minimum Gasteiger partial charge on any atom is -0.331 e. The molecule has 2 nitrogen and oxygen atoms in total. The Labute approximate surface area is 104 Å². The van der Waals surface area contributed by atoms with Gasteiger partial charge in [0.05, 0.1) is 11.0 Å². The Bertz CT molecular complexity index is 578. The van der Waals surface area contributed by atoms with E-state index >= 15 is 0 Å². The average molecular weight is 250 g/mol. The summed E-state index contributed by atoms with van der Waals surface area (Å²) in [6.07, 6.45) is 4.83. The van der Waals surface area contributed by atoms with Crippen molar-refractivity contribution in [1.29, 1.82) is 0 Å². The summed E-state index contributed by atoms with van der Waals surface area (Å²) in [6, 6.07) is 8.33. The van der Waals surface area contributed by atoms with Crippen LogP contribution in [0.1, 0.15) is 12.8 Å². The molecular weight excluding hydrogens is 236 g/mol. The highest BCUT2D eigenvalue weighted by atomic mass is 32.2. The monoisotopic (exact) mass is 250 g/mol. The number of para-hydroxylation sites is 2. The highest BCUT2D eigenvalue weighted by Crippen LogP contribution is 2.48. The lowest BCUT2D eigenvalue weighted by Crippen LogP contribution is -2.13. The zero-order valence-electron chi connectivity index (χ0n) is 9.19. The number of thioether (sulfide) groups is 1. The van der Waals surface area contributed by atoms with Crippen LogP contribution < -0.4 is 0 Å². The standard InChI is InChI=1S/C12H14N2S2/c1-16-12(6-7-12)8-14-10-5-3-2-4-9(10)13-11(14)15/h2-5H,6-8H2,1H3,(H,13,15). The van der Waals surface area contributed by atoms with Crippen LogP contribution in [-0.4, -0.2) is 20.6 Å². The Morgan fingerprint density at radius 3 is 2.88 bits per heavy atom. The molecule has 1 aromatic heterocycles. The van der Waals surface area contributed by atoms with Crippen molar-refractivity contribution in [2.45, 2.75) is 24.1 Å². The number of aromatic amines is 1. The summed E-state index contributed by atoms with van der Waals surface area (Å²) in [6.45, 7) is 1.04. The zero-order chi connectivity index (χ0) is 11.2. The number of nitrogens with one attached hydrogen (secondary N) is 1. The quantitative estimate of drug-likeness (QED) is 0.840. The second-order valence-electron chi connectivity index (χ2n) is 4.42. The number of aromatic nitrogens is 2. The third kappa shape index (κ3) is 1.60. The fourth-order valence-electron chi connectivity index (χ4n) is 2.12. The van der Waals surface area contributed by atoms with E-state index in [0.717, 1.165) is 16.8 Å². The Balaban J connectivity index is 2.09. The molecular formula is C12H14N2S2. The third-order valence-corrected chi connectivity index (χ3v) is 5.09. The molecule has 2 aromatic rings. The fourth-order valence-corrected chi connectivity index (χ4v) is 3.16. The first-order valence-corrected chi connectivity index (χ1v) is 7.10. The van der Waals surface area contributed by atoms with Crippen LogP contribution in [-0.2, 0) is 6.54 Å². The van der Waals surface area contributed by atoms with E-state index in [1.807, 2.05) is 17.8 Å². The third-order valence-electron chi connectivity index (χ3n) is 3.37. The number of hydrogen-bond donors (Lipinski definition) is 1. The maximum atomic E-state index is 5.39. The van der Waals surface area contributed by atoms with Crippen molar-refractivity contribution in [3.05, 3.63) is 29.0 Å². The Morgan fingerprint density at radius 2 is 2.19 bits per heavy atom. The molecule has 0 spiro atoms. The van der Waals surface area contributed by atoms with Crippen LogP contribution in [0, 0.1) is 4.77 Å². The maximum absolute atomic E-state index is 5.39. The Morgan fingerprint density at radius 1 is 1.44 bits per heavy atom. The summed E-state index contributed by atoms with van der Waals surface area (Å²) in [5.41, 5.74) is 2.37. The molecule has 0 radical (unpaired) electrons. The number of H-pyrrole nitrogens is 1. The molecule has 1 saturated carbocycles. The van der Waals surface area contributed by atoms with E-state index < -0.39 is 0 Å². The van der Waals surface area contributed by atoms with Gasteiger partial charge in [0.2, 0.25) is 0 Å². The van der Waals surface area contributed by atoms with Gasteiger partial charge in [0.1, 0.15) is 0 Å². The molecule has 4 heteroatoms. The van der Waals surface area contributed by atoms with E-state index in [2.05, 4.69) is 34.0 Å². The maximum Gasteiger partial charge on any atom is 0.178 e. The lowest BCUT2D eigenvalue weighted by atomic mass is 10.3. The highest BCUT2D eigenvalue weighted by molar-refractivity contribution is 8.00. The van der Waals surface area contributed by atoms with Crippen LogP contribution in [0.4, 0.5) is 0 Å². The van der Waals surface area contributed by atoms with Gasteiger partial charge in [-0.3, -0.25) is 0 Å². The van der Waals surface area contributed by atoms with Crippen molar-refractivity contribution in [3.63, 3.8) is 0 Å². The molecule has 3 rings (SSSR count). The highest BCUT2D eigenvalue weighted by Gasteiger charge is 2.42. The van der Waals surface area contributed by atoms with E-state index in [0.29, 0.717) is 4.75 Å². The van der Waals surface area contributed by atoms with Gasteiger partial charge in [-0.05, 0) is 43.4 Å². The van der Waals surface area contributed by atoms with Gasteiger partial charge in [0, 0.05) is 11.3 Å². The number of nitrogens with zero attached hydrogens (tertiary/aromatic N) is 1. The first kappa shape index (κ1) is 10.4. The predicted molar refractivity (Wildman–Crippen MR) is 72.6 cm³/mol. The van der Waals surface area contributed by atoms with Gasteiger partial charge in [-0.1, -0.05) is 12.1 Å². The van der Waals surface area contributed by atoms with Crippen LogP contribution >= 0.6 is 24.0 Å². The molecule has 16 heavy (non-hydrogen) atoms. The topological polar surface area (TPSA) is 20.7 Å². The van der Waals surface area contributed by atoms with Crippen LogP contribution in [0.25, 0.3) is 11.0 Å². The number of benzene rings is 1. The summed E-state index contributed by atoms with van der Waals surface area (Å²) in [5.74, 6) is 0. The van der Waals surface area contributed by atoms with Crippen molar-refractivity contribution in [2.24, 2.45) is 0 Å². The van der Waals surface area contributed by atoms with E-state index in [-0.39, 0.29) is 0 Å². The van der Waals surface area contributed by atoms with E-state index in [4.69, 9.17) is 12.2 Å². The van der Waals surface area contributed by atoms with Crippen molar-refractivity contribution in [3.8, 4) is 0 Å². The zero-order valence-corrected chi connectivity index (χ0v) is 10.8. The first-order chi connectivity index (χ1) is 7.74. The molecule has 1 aliphatic carbocycles. The van der Waals surface area contributed by atoms with Crippen LogP contribution in [0.5, 0.6) is 0 Å². The van der Waals surface area contributed by atoms with Crippen LogP contribution in [0.2, 0.25) is 0 Å². The molecule has 0 atom stereocenters. The molecule has 1 aromatic carbocycles. The molecule has 1 aliphatic rings. The lowest BCUT2D eigenvalue weighted by molar-refractivity contribution is 0.670. The average Bonchev–Trinajstić information content (AvgIpc) is 3.01. The summed E-state index contributed by atoms with van der Waals surface area (Å²) >= 11 is 7.37. The van der Waals surface area contributed by atoms with Gasteiger partial charge in [-0.2, -0.15) is 11.8 Å². The fraction of sp³-hybridized carbons (Fsp3) is 0.417. The normalized spacial score (nSPS) is 17.8. The molecule has 84 valence electrons. The smallest absolute Gasteiger partial charge is 0.178 e. The van der Waals surface area contributed by atoms with Crippen molar-refractivity contribution >= 4 is 35.0 Å². The predicted octanol–water partition coefficient (Wildman–Crippen LogP) is 3.59. The SMILES string of the molecule is CSC1(Cn2c(=S)[nH]c3ccccc32)CC1. The summed E-state index contributed by atoms with van der Waals surface area (Å²) in [7, 11) is 0. The number of hydrogen-bond acceptors (Lipinski definition) is 2. The van der Waals surface area contributed by atoms with Gasteiger partial charge < -0.3 is 9.55 Å². The van der Waals surface area contributed by atoms with Gasteiger partial charge in [0.15, 0.2) is 4.77 Å². The second kappa shape index (κ2) is 3.64. The van der Waals surface area contributed by atoms with Gasteiger partial charge in [0.25, 0.3) is 0 Å². The molecule has 1 fully saturated rings. The first-order valence-electron chi connectivity index (χ1n) is 5.47. The number of imidazole rings is 1. The number of fused-ring (bicyclic) bond motifs is 1. The minimum atomic E-state index is 0.448. The van der Waals surface area contributed by atoms with E-state index in [1.54, 1.807) is 0 Å². The minimum absolute atomic E-state index is 0.448. The molecule has 1 heterocycles. The Kier molecular flexibility index (Phi) is 2.37. The summed E-state index contributed by atoms with van der Waals surface area (Å²) < 4.78 is 3.54. The molecule has 0 bridgehead atoms. The van der Waals surface area contributed by atoms with E-state index in [1.165, 1.54) is 18.4 Å². The summed E-state index contributed by atoms with van der Waals surface area (Å²) in [4.78, 5) is 3.27.